The van der Waals surface area contributed by atoms with Crippen molar-refractivity contribution in [3.8, 4) is 0 Å². The Labute approximate surface area is 124 Å². The molecule has 1 aliphatic heterocycles. The molecule has 5 heteroatoms. The van der Waals surface area contributed by atoms with Gasteiger partial charge in [0.1, 0.15) is 5.82 Å². The van der Waals surface area contributed by atoms with Gasteiger partial charge in [-0.2, -0.15) is 0 Å². The van der Waals surface area contributed by atoms with Crippen LogP contribution in [0.25, 0.3) is 11.0 Å². The van der Waals surface area contributed by atoms with Gasteiger partial charge in [0.2, 0.25) is 0 Å². The number of fused-ring (bicyclic) bond motifs is 1. The zero-order chi connectivity index (χ0) is 14.3. The molecule has 108 valence electrons. The van der Waals surface area contributed by atoms with Crippen LogP contribution in [0.15, 0.2) is 18.2 Å². The molecule has 1 saturated heterocycles. The van der Waals surface area contributed by atoms with Crippen LogP contribution in [-0.4, -0.2) is 40.2 Å². The lowest BCUT2D eigenvalue weighted by molar-refractivity contribution is -0.0797. The second-order valence-electron chi connectivity index (χ2n) is 5.67. The average molecular weight is 294 g/mol. The van der Waals surface area contributed by atoms with Gasteiger partial charge in [0.25, 0.3) is 0 Å². The van der Waals surface area contributed by atoms with E-state index in [0.717, 1.165) is 35.0 Å². The third-order valence-corrected chi connectivity index (χ3v) is 4.09. The van der Waals surface area contributed by atoms with Gasteiger partial charge in [-0.15, -0.1) is 0 Å². The number of rotatable bonds is 2. The number of H-pyrrole nitrogens is 1. The molecule has 3 rings (SSSR count). The maximum atomic E-state index is 6.02. The van der Waals surface area contributed by atoms with E-state index >= 15 is 0 Å². The summed E-state index contributed by atoms with van der Waals surface area (Å²) in [6.07, 6.45) is 0.528. The van der Waals surface area contributed by atoms with Crippen molar-refractivity contribution in [2.24, 2.45) is 0 Å². The van der Waals surface area contributed by atoms with E-state index in [1.54, 1.807) is 0 Å². The SMILES string of the molecule is CC1CN(C(C)c2nc3ccc(Cl)cc3[nH]2)CC(C)O1. The molecule has 3 unspecified atom stereocenters. The number of ether oxygens (including phenoxy) is 1. The van der Waals surface area contributed by atoms with Gasteiger partial charge in [0, 0.05) is 18.1 Å². The number of nitrogens with one attached hydrogen (secondary N) is 1. The molecule has 0 saturated carbocycles. The Morgan fingerprint density at radius 3 is 2.75 bits per heavy atom. The van der Waals surface area contributed by atoms with Crippen LogP contribution in [0.3, 0.4) is 0 Å². The van der Waals surface area contributed by atoms with E-state index in [4.69, 9.17) is 16.3 Å². The highest BCUT2D eigenvalue weighted by molar-refractivity contribution is 6.31. The summed E-state index contributed by atoms with van der Waals surface area (Å²) in [5.41, 5.74) is 1.96. The molecule has 1 N–H and O–H groups in total. The lowest BCUT2D eigenvalue weighted by Gasteiger charge is -2.38. The van der Waals surface area contributed by atoms with Gasteiger partial charge in [-0.1, -0.05) is 11.6 Å². The lowest BCUT2D eigenvalue weighted by Crippen LogP contribution is -2.46. The summed E-state index contributed by atoms with van der Waals surface area (Å²) in [6.45, 7) is 8.29. The number of hydrogen-bond acceptors (Lipinski definition) is 3. The van der Waals surface area contributed by atoms with E-state index in [0.29, 0.717) is 0 Å². The molecule has 3 atom stereocenters. The minimum atomic E-state index is 0.245. The molecule has 2 aromatic rings. The van der Waals surface area contributed by atoms with Crippen molar-refractivity contribution < 1.29 is 4.74 Å². The predicted octanol–water partition coefficient (Wildman–Crippen LogP) is 3.39. The molecule has 1 fully saturated rings. The Balaban J connectivity index is 1.86. The molecule has 1 aromatic carbocycles. The van der Waals surface area contributed by atoms with Gasteiger partial charge in [0.15, 0.2) is 0 Å². The third-order valence-electron chi connectivity index (χ3n) is 3.85. The topological polar surface area (TPSA) is 41.2 Å². The fourth-order valence-electron chi connectivity index (χ4n) is 2.91. The third kappa shape index (κ3) is 2.68. The van der Waals surface area contributed by atoms with Crippen LogP contribution in [0.4, 0.5) is 0 Å². The van der Waals surface area contributed by atoms with Crippen molar-refractivity contribution >= 4 is 22.6 Å². The van der Waals surface area contributed by atoms with E-state index in [9.17, 15) is 0 Å². The number of morpholine rings is 1. The van der Waals surface area contributed by atoms with Crippen LogP contribution >= 0.6 is 11.6 Å². The van der Waals surface area contributed by atoms with Gasteiger partial charge in [-0.25, -0.2) is 4.98 Å². The Hall–Kier alpha value is -1.10. The highest BCUT2D eigenvalue weighted by Gasteiger charge is 2.27. The standard InChI is InChI=1S/C15H20ClN3O/c1-9-7-19(8-10(2)20-9)11(3)15-17-13-5-4-12(16)6-14(13)18-15/h4-6,9-11H,7-8H2,1-3H3,(H,17,18). The summed E-state index contributed by atoms with van der Waals surface area (Å²) in [5, 5.41) is 0.731. The quantitative estimate of drug-likeness (QED) is 0.923. The van der Waals surface area contributed by atoms with Crippen molar-refractivity contribution in [3.63, 3.8) is 0 Å². The predicted molar refractivity (Wildman–Crippen MR) is 81.1 cm³/mol. The van der Waals surface area contributed by atoms with Crippen LogP contribution in [0.5, 0.6) is 0 Å². The molecule has 0 bridgehead atoms. The van der Waals surface area contributed by atoms with Gasteiger partial charge in [-0.3, -0.25) is 4.90 Å². The zero-order valence-corrected chi connectivity index (χ0v) is 12.8. The van der Waals surface area contributed by atoms with Crippen molar-refractivity contribution in [2.45, 2.75) is 39.0 Å². The van der Waals surface area contributed by atoms with Crippen molar-refractivity contribution in [1.82, 2.24) is 14.9 Å². The Morgan fingerprint density at radius 1 is 1.35 bits per heavy atom. The summed E-state index contributed by atoms with van der Waals surface area (Å²) in [4.78, 5) is 10.5. The van der Waals surface area contributed by atoms with Crippen molar-refractivity contribution in [3.05, 3.63) is 29.0 Å². The zero-order valence-electron chi connectivity index (χ0n) is 12.1. The van der Waals surface area contributed by atoms with E-state index < -0.39 is 0 Å². The normalized spacial score (nSPS) is 26.0. The van der Waals surface area contributed by atoms with Gasteiger partial charge < -0.3 is 9.72 Å². The number of halogens is 1. The molecule has 0 spiro atoms. The van der Waals surface area contributed by atoms with Crippen molar-refractivity contribution in [2.75, 3.05) is 13.1 Å². The number of aromatic amines is 1. The van der Waals surface area contributed by atoms with E-state index in [1.165, 1.54) is 0 Å². The molecule has 0 radical (unpaired) electrons. The molecule has 1 aromatic heterocycles. The van der Waals surface area contributed by atoms with Crippen molar-refractivity contribution in [1.29, 1.82) is 0 Å². The summed E-state index contributed by atoms with van der Waals surface area (Å²) in [5.74, 6) is 0.989. The monoisotopic (exact) mass is 293 g/mol. The molecule has 20 heavy (non-hydrogen) atoms. The number of nitrogens with zero attached hydrogens (tertiary/aromatic N) is 2. The smallest absolute Gasteiger partial charge is 0.124 e. The van der Waals surface area contributed by atoms with Crippen LogP contribution in [0.2, 0.25) is 5.02 Å². The highest BCUT2D eigenvalue weighted by atomic mass is 35.5. The van der Waals surface area contributed by atoms with Crippen LogP contribution < -0.4 is 0 Å². The van der Waals surface area contributed by atoms with Crippen LogP contribution in [0.1, 0.15) is 32.6 Å². The van der Waals surface area contributed by atoms with Crippen LogP contribution in [0, 0.1) is 0 Å². The summed E-state index contributed by atoms with van der Waals surface area (Å²) < 4.78 is 5.79. The first kappa shape index (κ1) is 13.9. The second-order valence-corrected chi connectivity index (χ2v) is 6.11. The lowest BCUT2D eigenvalue weighted by atomic mass is 10.1. The van der Waals surface area contributed by atoms with Gasteiger partial charge in [0.05, 0.1) is 29.3 Å². The Kier molecular flexibility index (Phi) is 3.71. The largest absolute Gasteiger partial charge is 0.373 e. The Morgan fingerprint density at radius 2 is 2.05 bits per heavy atom. The maximum Gasteiger partial charge on any atom is 0.124 e. The minimum Gasteiger partial charge on any atom is -0.373 e. The molecule has 0 amide bonds. The Bertz CT molecular complexity index is 602. The van der Waals surface area contributed by atoms with Gasteiger partial charge in [-0.05, 0) is 39.0 Å². The summed E-state index contributed by atoms with van der Waals surface area (Å²) in [6, 6.07) is 5.99. The minimum absolute atomic E-state index is 0.245. The molecule has 1 aliphatic rings. The fraction of sp³-hybridized carbons (Fsp3) is 0.533. The average Bonchev–Trinajstić information content (AvgIpc) is 2.79. The summed E-state index contributed by atoms with van der Waals surface area (Å²) >= 11 is 6.02. The first-order valence-corrected chi connectivity index (χ1v) is 7.45. The molecule has 4 nitrogen and oxygen atoms in total. The maximum absolute atomic E-state index is 6.02. The number of aromatic nitrogens is 2. The fourth-order valence-corrected chi connectivity index (χ4v) is 3.08. The molecule has 2 heterocycles. The first-order chi connectivity index (χ1) is 9.52. The summed E-state index contributed by atoms with van der Waals surface area (Å²) in [7, 11) is 0. The highest BCUT2D eigenvalue weighted by Crippen LogP contribution is 2.25. The van der Waals surface area contributed by atoms with E-state index in [2.05, 4.69) is 35.6 Å². The number of benzene rings is 1. The number of hydrogen-bond donors (Lipinski definition) is 1. The van der Waals surface area contributed by atoms with E-state index in [1.807, 2.05) is 18.2 Å². The second kappa shape index (κ2) is 5.35. The molecular weight excluding hydrogens is 274 g/mol. The number of imidazole rings is 1. The molecular formula is C15H20ClN3O. The van der Waals surface area contributed by atoms with E-state index in [-0.39, 0.29) is 18.2 Å². The van der Waals surface area contributed by atoms with Crippen LogP contribution in [-0.2, 0) is 4.74 Å². The first-order valence-electron chi connectivity index (χ1n) is 7.07. The molecule has 0 aliphatic carbocycles. The van der Waals surface area contributed by atoms with Gasteiger partial charge >= 0.3 is 0 Å².